The van der Waals surface area contributed by atoms with Gasteiger partial charge in [-0.05, 0) is 60.2 Å². The largest absolute Gasteiger partial charge is 0.503 e. The summed E-state index contributed by atoms with van der Waals surface area (Å²) in [4.78, 5) is 13.1. The Morgan fingerprint density at radius 3 is 2.37 bits per heavy atom. The van der Waals surface area contributed by atoms with Crippen LogP contribution in [0.4, 0.5) is 18.9 Å². The second-order valence-electron chi connectivity index (χ2n) is 7.20. The van der Waals surface area contributed by atoms with Gasteiger partial charge in [0.15, 0.2) is 17.4 Å². The summed E-state index contributed by atoms with van der Waals surface area (Å²) in [6.45, 7) is 0. The van der Waals surface area contributed by atoms with Crippen molar-refractivity contribution in [3.8, 4) is 22.3 Å². The van der Waals surface area contributed by atoms with E-state index in [0.717, 1.165) is 11.3 Å². The summed E-state index contributed by atoms with van der Waals surface area (Å²) in [5, 5.41) is 18.2. The molecule has 0 atom stereocenters. The van der Waals surface area contributed by atoms with Crippen LogP contribution in [0.5, 0.6) is 5.75 Å². The van der Waals surface area contributed by atoms with E-state index in [1.165, 1.54) is 48.5 Å². The van der Waals surface area contributed by atoms with Gasteiger partial charge in [0.1, 0.15) is 0 Å². The number of carbonyl (C=O) groups is 1. The Balaban J connectivity index is 1.60. The summed E-state index contributed by atoms with van der Waals surface area (Å²) in [5.41, 5.74) is 0.249. The SMILES string of the molecule is N#Cc1ccc(S(=O)(=O)Nc2cccc(-c3ccc(C(=O)c4cc(F)c(F)c(O)c4F)s3)c2)cc1. The monoisotopic (exact) mass is 514 g/mol. The number of hydrogen-bond donors (Lipinski definition) is 2. The van der Waals surface area contributed by atoms with E-state index in [1.807, 2.05) is 6.07 Å². The highest BCUT2D eigenvalue weighted by Gasteiger charge is 2.24. The van der Waals surface area contributed by atoms with E-state index in [9.17, 15) is 31.5 Å². The number of nitriles is 1. The van der Waals surface area contributed by atoms with Gasteiger partial charge in [0.25, 0.3) is 10.0 Å². The minimum absolute atomic E-state index is 0.00660. The number of rotatable bonds is 6. The van der Waals surface area contributed by atoms with E-state index in [-0.39, 0.29) is 15.5 Å². The number of ketones is 1. The van der Waals surface area contributed by atoms with Crippen LogP contribution in [0.3, 0.4) is 0 Å². The molecule has 1 aromatic heterocycles. The van der Waals surface area contributed by atoms with Gasteiger partial charge < -0.3 is 5.11 Å². The van der Waals surface area contributed by atoms with Crippen LogP contribution in [0.15, 0.2) is 71.6 Å². The van der Waals surface area contributed by atoms with Gasteiger partial charge in [0, 0.05) is 10.6 Å². The lowest BCUT2D eigenvalue weighted by Crippen LogP contribution is -2.12. The van der Waals surface area contributed by atoms with E-state index in [2.05, 4.69) is 4.72 Å². The molecule has 0 aliphatic heterocycles. The molecule has 0 fully saturated rings. The zero-order valence-corrected chi connectivity index (χ0v) is 19.1. The van der Waals surface area contributed by atoms with Crippen molar-refractivity contribution in [2.24, 2.45) is 0 Å². The van der Waals surface area contributed by atoms with Crippen molar-refractivity contribution in [3.05, 3.63) is 100 Å². The van der Waals surface area contributed by atoms with E-state index < -0.39 is 44.6 Å². The number of carbonyl (C=O) groups excluding carboxylic acids is 1. The van der Waals surface area contributed by atoms with Crippen LogP contribution in [0.25, 0.3) is 10.4 Å². The zero-order valence-electron chi connectivity index (χ0n) is 17.4. The second-order valence-corrected chi connectivity index (χ2v) is 9.96. The van der Waals surface area contributed by atoms with E-state index in [4.69, 9.17) is 5.26 Å². The summed E-state index contributed by atoms with van der Waals surface area (Å²) in [6.07, 6.45) is 0. The van der Waals surface area contributed by atoms with Crippen LogP contribution in [0.1, 0.15) is 20.8 Å². The predicted molar refractivity (Wildman–Crippen MR) is 123 cm³/mol. The first kappa shape index (κ1) is 24.0. The molecule has 0 aliphatic carbocycles. The number of phenols is 1. The summed E-state index contributed by atoms with van der Waals surface area (Å²) < 4.78 is 68.8. The summed E-state index contributed by atoms with van der Waals surface area (Å²) >= 11 is 0.919. The molecule has 2 N–H and O–H groups in total. The minimum atomic E-state index is -3.94. The molecule has 0 saturated heterocycles. The van der Waals surface area contributed by atoms with Gasteiger partial charge in [-0.15, -0.1) is 11.3 Å². The fourth-order valence-electron chi connectivity index (χ4n) is 3.16. The lowest BCUT2D eigenvalue weighted by atomic mass is 10.1. The van der Waals surface area contributed by atoms with E-state index in [1.54, 1.807) is 12.1 Å². The third-order valence-electron chi connectivity index (χ3n) is 4.90. The Morgan fingerprint density at radius 1 is 0.971 bits per heavy atom. The molecule has 0 radical (unpaired) electrons. The molecule has 176 valence electrons. The maximum absolute atomic E-state index is 14.1. The van der Waals surface area contributed by atoms with E-state index in [0.29, 0.717) is 22.1 Å². The average molecular weight is 515 g/mol. The minimum Gasteiger partial charge on any atom is -0.503 e. The molecule has 0 unspecified atom stereocenters. The van der Waals surface area contributed by atoms with Gasteiger partial charge in [-0.1, -0.05) is 12.1 Å². The van der Waals surface area contributed by atoms with Crippen molar-refractivity contribution in [2.75, 3.05) is 4.72 Å². The molecule has 6 nitrogen and oxygen atoms in total. The van der Waals surface area contributed by atoms with Crippen molar-refractivity contribution in [3.63, 3.8) is 0 Å². The lowest BCUT2D eigenvalue weighted by Gasteiger charge is -2.09. The zero-order chi connectivity index (χ0) is 25.3. The maximum Gasteiger partial charge on any atom is 0.261 e. The number of thiophene rings is 1. The number of halogens is 3. The van der Waals surface area contributed by atoms with Crippen LogP contribution in [-0.4, -0.2) is 19.3 Å². The molecule has 4 rings (SSSR count). The Morgan fingerprint density at radius 2 is 1.69 bits per heavy atom. The molecule has 0 bridgehead atoms. The molecule has 0 aliphatic rings. The van der Waals surface area contributed by atoms with Crippen LogP contribution in [0, 0.1) is 28.8 Å². The van der Waals surface area contributed by atoms with Crippen LogP contribution in [-0.2, 0) is 10.0 Å². The molecule has 11 heteroatoms. The Labute approximate surface area is 201 Å². The first-order valence-corrected chi connectivity index (χ1v) is 12.0. The molecule has 35 heavy (non-hydrogen) atoms. The lowest BCUT2D eigenvalue weighted by molar-refractivity contribution is 0.103. The third-order valence-corrected chi connectivity index (χ3v) is 7.43. The molecule has 1 heterocycles. The average Bonchev–Trinajstić information content (AvgIpc) is 3.35. The number of nitrogens with zero attached hydrogens (tertiary/aromatic N) is 1. The van der Waals surface area contributed by atoms with Gasteiger partial charge in [-0.3, -0.25) is 9.52 Å². The molecular formula is C24H13F3N2O4S2. The summed E-state index contributed by atoms with van der Waals surface area (Å²) in [5.74, 6) is -7.45. The number of aromatic hydroxyl groups is 1. The molecular weight excluding hydrogens is 501 g/mol. The fourth-order valence-corrected chi connectivity index (χ4v) is 5.17. The van der Waals surface area contributed by atoms with Gasteiger partial charge in [-0.25, -0.2) is 17.2 Å². The molecule has 0 amide bonds. The van der Waals surface area contributed by atoms with Crippen molar-refractivity contribution < 1.29 is 31.5 Å². The van der Waals surface area contributed by atoms with E-state index >= 15 is 0 Å². The van der Waals surface area contributed by atoms with Crippen molar-refractivity contribution in [1.82, 2.24) is 0 Å². The van der Waals surface area contributed by atoms with Gasteiger partial charge in [0.2, 0.25) is 11.6 Å². The van der Waals surface area contributed by atoms with Gasteiger partial charge >= 0.3 is 0 Å². The standard InChI is InChI=1S/C24H13F3N2O4S2/c25-18-11-17(21(26)24(31)22(18)27)23(30)20-9-8-19(34-20)14-2-1-3-15(10-14)29-35(32,33)16-6-4-13(12-28)5-7-16/h1-11,29,31H. The molecule has 3 aromatic carbocycles. The molecule has 4 aromatic rings. The Bertz CT molecular complexity index is 1610. The number of sulfonamides is 1. The van der Waals surface area contributed by atoms with Gasteiger partial charge in [-0.2, -0.15) is 9.65 Å². The first-order chi connectivity index (χ1) is 16.6. The third kappa shape index (κ3) is 4.75. The fraction of sp³-hybridized carbons (Fsp3) is 0. The van der Waals surface area contributed by atoms with Crippen molar-refractivity contribution in [2.45, 2.75) is 4.90 Å². The molecule has 0 saturated carbocycles. The van der Waals surface area contributed by atoms with Crippen LogP contribution in [0.2, 0.25) is 0 Å². The van der Waals surface area contributed by atoms with Gasteiger partial charge in [0.05, 0.1) is 27.0 Å². The number of benzene rings is 3. The second kappa shape index (κ2) is 9.25. The number of phenolic OH excluding ortho intramolecular Hbond substituents is 1. The Kier molecular flexibility index (Phi) is 6.34. The molecule has 0 spiro atoms. The topological polar surface area (TPSA) is 107 Å². The van der Waals surface area contributed by atoms with Crippen LogP contribution < -0.4 is 4.72 Å². The summed E-state index contributed by atoms with van der Waals surface area (Å²) in [6, 6.07) is 16.8. The quantitative estimate of drug-likeness (QED) is 0.263. The highest BCUT2D eigenvalue weighted by atomic mass is 32.2. The smallest absolute Gasteiger partial charge is 0.261 e. The maximum atomic E-state index is 14.1. The first-order valence-electron chi connectivity index (χ1n) is 9.75. The summed E-state index contributed by atoms with van der Waals surface area (Å²) in [7, 11) is -3.94. The van der Waals surface area contributed by atoms with Crippen molar-refractivity contribution >= 4 is 32.8 Å². The number of nitrogens with one attached hydrogen (secondary N) is 1. The van der Waals surface area contributed by atoms with Crippen LogP contribution >= 0.6 is 11.3 Å². The number of hydrogen-bond acceptors (Lipinski definition) is 6. The highest BCUT2D eigenvalue weighted by molar-refractivity contribution is 7.92. The normalized spacial score (nSPS) is 11.1. The Hall–Kier alpha value is -4.14. The van der Waals surface area contributed by atoms with Crippen molar-refractivity contribution in [1.29, 1.82) is 5.26 Å². The number of anilines is 1. The highest BCUT2D eigenvalue weighted by Crippen LogP contribution is 2.33. The predicted octanol–water partition coefficient (Wildman–Crippen LogP) is 5.44.